The molecule has 6 heteroatoms. The molecule has 0 amide bonds. The number of hydrogen-bond acceptors (Lipinski definition) is 4. The molecule has 0 spiro atoms. The number of aryl methyl sites for hydroxylation is 1. The smallest absolute Gasteiger partial charge is 0.339 e. The highest BCUT2D eigenvalue weighted by Gasteiger charge is 2.24. The molecule has 0 unspecified atom stereocenters. The van der Waals surface area contributed by atoms with E-state index in [1.807, 2.05) is 36.4 Å². The molecule has 6 nitrogen and oxygen atoms in total. The van der Waals surface area contributed by atoms with Gasteiger partial charge < -0.3 is 19.1 Å². The molecular formula is C30H32N2O4. The molecule has 1 aliphatic rings. The Morgan fingerprint density at radius 3 is 2.47 bits per heavy atom. The monoisotopic (exact) mass is 484 g/mol. The van der Waals surface area contributed by atoms with Crippen molar-refractivity contribution in [3.8, 4) is 22.9 Å². The standard InChI is InChI=1S/C30H32N2O4/c1-35-28-20-27-26(19-25(28)30(33)34)31-29(32(27)23-12-6-3-7-13-23)22-14-16-24(17-15-22)36-18-8-11-21-9-4-2-5-10-21/h2,4-5,9-10,14-17,19-20,23H,3,6-8,11-13,18H2,1H3,(H,33,34). The van der Waals surface area contributed by atoms with Gasteiger partial charge >= 0.3 is 5.97 Å². The fourth-order valence-electron chi connectivity index (χ4n) is 5.18. The predicted molar refractivity (Wildman–Crippen MR) is 141 cm³/mol. The molecule has 1 aromatic heterocycles. The van der Waals surface area contributed by atoms with Crippen LogP contribution in [0.4, 0.5) is 0 Å². The first-order chi connectivity index (χ1) is 17.6. The van der Waals surface area contributed by atoms with E-state index in [1.165, 1.54) is 31.9 Å². The van der Waals surface area contributed by atoms with Crippen LogP contribution in [0.2, 0.25) is 0 Å². The maximum atomic E-state index is 11.8. The second-order valence-electron chi connectivity index (χ2n) is 9.41. The van der Waals surface area contributed by atoms with Crippen molar-refractivity contribution in [2.75, 3.05) is 13.7 Å². The average Bonchev–Trinajstić information content (AvgIpc) is 3.30. The van der Waals surface area contributed by atoms with E-state index >= 15 is 0 Å². The summed E-state index contributed by atoms with van der Waals surface area (Å²) in [4.78, 5) is 16.7. The molecule has 1 aliphatic carbocycles. The van der Waals surface area contributed by atoms with E-state index in [9.17, 15) is 9.90 Å². The molecule has 186 valence electrons. The van der Waals surface area contributed by atoms with E-state index in [0.29, 0.717) is 23.9 Å². The van der Waals surface area contributed by atoms with Gasteiger partial charge in [0.25, 0.3) is 0 Å². The molecule has 0 radical (unpaired) electrons. The lowest BCUT2D eigenvalue weighted by atomic mass is 9.94. The number of benzene rings is 3. The van der Waals surface area contributed by atoms with Gasteiger partial charge in [0.05, 0.1) is 24.8 Å². The zero-order chi connectivity index (χ0) is 24.9. The molecule has 4 aromatic rings. The Bertz CT molecular complexity index is 1320. The third-order valence-corrected chi connectivity index (χ3v) is 7.01. The van der Waals surface area contributed by atoms with E-state index < -0.39 is 5.97 Å². The van der Waals surface area contributed by atoms with Crippen molar-refractivity contribution in [1.29, 1.82) is 0 Å². The molecule has 1 saturated carbocycles. The number of carbonyl (C=O) groups is 1. The van der Waals surface area contributed by atoms with Crippen LogP contribution < -0.4 is 9.47 Å². The van der Waals surface area contributed by atoms with Crippen LogP contribution in [-0.2, 0) is 6.42 Å². The van der Waals surface area contributed by atoms with Gasteiger partial charge in [-0.2, -0.15) is 0 Å². The van der Waals surface area contributed by atoms with Crippen LogP contribution in [0.25, 0.3) is 22.4 Å². The maximum absolute atomic E-state index is 11.8. The predicted octanol–water partition coefficient (Wildman–Crippen LogP) is 6.93. The van der Waals surface area contributed by atoms with E-state index in [0.717, 1.165) is 48.3 Å². The third-order valence-electron chi connectivity index (χ3n) is 7.01. The number of hydrogen-bond donors (Lipinski definition) is 1. The number of ether oxygens (including phenoxy) is 2. The third kappa shape index (κ3) is 5.08. The van der Waals surface area contributed by atoms with Crippen LogP contribution >= 0.6 is 0 Å². The van der Waals surface area contributed by atoms with Gasteiger partial charge in [0.15, 0.2) is 0 Å². The maximum Gasteiger partial charge on any atom is 0.339 e. The van der Waals surface area contributed by atoms with E-state index in [2.05, 4.69) is 28.8 Å². The van der Waals surface area contributed by atoms with Crippen LogP contribution in [0.15, 0.2) is 66.7 Å². The minimum absolute atomic E-state index is 0.129. The summed E-state index contributed by atoms with van der Waals surface area (Å²) in [6.07, 6.45) is 7.74. The first-order valence-electron chi connectivity index (χ1n) is 12.7. The first kappa shape index (κ1) is 23.9. The van der Waals surface area contributed by atoms with Crippen molar-refractivity contribution < 1.29 is 19.4 Å². The fourth-order valence-corrected chi connectivity index (χ4v) is 5.18. The van der Waals surface area contributed by atoms with Crippen LogP contribution in [0.3, 0.4) is 0 Å². The summed E-state index contributed by atoms with van der Waals surface area (Å²) in [5, 5.41) is 9.65. The highest BCUT2D eigenvalue weighted by Crippen LogP contribution is 2.38. The Kier molecular flexibility index (Phi) is 7.21. The Morgan fingerprint density at radius 1 is 1.03 bits per heavy atom. The molecular weight excluding hydrogens is 452 g/mol. The van der Waals surface area contributed by atoms with E-state index in [-0.39, 0.29) is 5.56 Å². The van der Waals surface area contributed by atoms with Gasteiger partial charge in [-0.15, -0.1) is 0 Å². The lowest BCUT2D eigenvalue weighted by Crippen LogP contribution is -2.14. The van der Waals surface area contributed by atoms with Crippen molar-refractivity contribution in [3.63, 3.8) is 0 Å². The Morgan fingerprint density at radius 2 is 1.78 bits per heavy atom. The van der Waals surface area contributed by atoms with Crippen molar-refractivity contribution in [2.24, 2.45) is 0 Å². The zero-order valence-electron chi connectivity index (χ0n) is 20.7. The molecule has 0 atom stereocenters. The summed E-state index contributed by atoms with van der Waals surface area (Å²) in [5.74, 6) is 1.04. The van der Waals surface area contributed by atoms with Gasteiger partial charge in [-0.1, -0.05) is 49.6 Å². The lowest BCUT2D eigenvalue weighted by molar-refractivity contribution is 0.0693. The van der Waals surface area contributed by atoms with Gasteiger partial charge in [0.2, 0.25) is 0 Å². The molecule has 0 aliphatic heterocycles. The summed E-state index contributed by atoms with van der Waals surface area (Å²) in [7, 11) is 1.51. The van der Waals surface area contributed by atoms with Crippen molar-refractivity contribution in [3.05, 3.63) is 77.9 Å². The highest BCUT2D eigenvalue weighted by atomic mass is 16.5. The van der Waals surface area contributed by atoms with Gasteiger partial charge in [-0.05, 0) is 61.6 Å². The molecule has 36 heavy (non-hydrogen) atoms. The number of rotatable bonds is 9. The molecule has 3 aromatic carbocycles. The number of carboxylic acid groups (broad SMARTS) is 1. The fraction of sp³-hybridized carbons (Fsp3) is 0.333. The number of imidazole rings is 1. The second-order valence-corrected chi connectivity index (χ2v) is 9.41. The Hall–Kier alpha value is -3.80. The Labute approximate surface area is 211 Å². The number of fused-ring (bicyclic) bond motifs is 1. The number of carboxylic acids is 1. The van der Waals surface area contributed by atoms with Crippen LogP contribution in [0.1, 0.15) is 60.5 Å². The molecule has 1 N–H and O–H groups in total. The number of methoxy groups -OCH3 is 1. The summed E-state index contributed by atoms with van der Waals surface area (Å²) in [5.41, 5.74) is 4.03. The zero-order valence-corrected chi connectivity index (χ0v) is 20.7. The normalized spacial score (nSPS) is 14.1. The largest absolute Gasteiger partial charge is 0.496 e. The summed E-state index contributed by atoms with van der Waals surface area (Å²) < 4.78 is 13.7. The topological polar surface area (TPSA) is 73.6 Å². The van der Waals surface area contributed by atoms with Crippen molar-refractivity contribution in [2.45, 2.75) is 51.0 Å². The van der Waals surface area contributed by atoms with Crippen LogP contribution in [-0.4, -0.2) is 34.3 Å². The minimum Gasteiger partial charge on any atom is -0.496 e. The van der Waals surface area contributed by atoms with E-state index in [4.69, 9.17) is 14.5 Å². The summed E-state index contributed by atoms with van der Waals surface area (Å²) in [6.45, 7) is 0.659. The second kappa shape index (κ2) is 10.9. The Balaban J connectivity index is 1.41. The summed E-state index contributed by atoms with van der Waals surface area (Å²) in [6, 6.07) is 22.3. The molecule has 1 fully saturated rings. The minimum atomic E-state index is -1.02. The number of aromatic nitrogens is 2. The van der Waals surface area contributed by atoms with Gasteiger partial charge in [0.1, 0.15) is 22.9 Å². The van der Waals surface area contributed by atoms with Crippen LogP contribution in [0, 0.1) is 0 Å². The molecule has 0 bridgehead atoms. The molecule has 0 saturated heterocycles. The average molecular weight is 485 g/mol. The quantitative estimate of drug-likeness (QED) is 0.261. The molecule has 1 heterocycles. The number of aromatic carboxylic acids is 1. The highest BCUT2D eigenvalue weighted by molar-refractivity contribution is 5.96. The van der Waals surface area contributed by atoms with Gasteiger partial charge in [-0.3, -0.25) is 0 Å². The number of nitrogens with zero attached hydrogens (tertiary/aromatic N) is 2. The van der Waals surface area contributed by atoms with E-state index in [1.54, 1.807) is 6.07 Å². The first-order valence-corrected chi connectivity index (χ1v) is 12.7. The van der Waals surface area contributed by atoms with Gasteiger partial charge in [-0.25, -0.2) is 9.78 Å². The summed E-state index contributed by atoms with van der Waals surface area (Å²) >= 11 is 0. The van der Waals surface area contributed by atoms with Crippen LogP contribution in [0.5, 0.6) is 11.5 Å². The molecule has 5 rings (SSSR count). The van der Waals surface area contributed by atoms with Crippen molar-refractivity contribution in [1.82, 2.24) is 9.55 Å². The lowest BCUT2D eigenvalue weighted by Gasteiger charge is -2.26. The van der Waals surface area contributed by atoms with Gasteiger partial charge in [0, 0.05) is 17.7 Å². The van der Waals surface area contributed by atoms with Crippen molar-refractivity contribution >= 4 is 17.0 Å². The SMILES string of the molecule is COc1cc2c(cc1C(=O)O)nc(-c1ccc(OCCCc3ccccc3)cc1)n2C1CCCCC1.